The third kappa shape index (κ3) is 5.98. The van der Waals surface area contributed by atoms with Crippen molar-refractivity contribution in [3.05, 3.63) is 45.8 Å². The number of urea groups is 1. The van der Waals surface area contributed by atoms with Gasteiger partial charge in [0.05, 0.1) is 25.0 Å². The molecule has 3 saturated heterocycles. The SMILES string of the molecule is COC(CN1CCN(C(=O)N2CCOCC2)CC1)c1c(-c2cc(C)cc(C)c2)[nH]c2sc(C(C)(C)CC3C4CCC3C(=O)N4)cc12. The van der Waals surface area contributed by atoms with Crippen molar-refractivity contribution in [1.29, 1.82) is 0 Å². The van der Waals surface area contributed by atoms with Gasteiger partial charge in [-0.15, -0.1) is 11.3 Å². The second-order valence-corrected chi connectivity index (χ2v) is 15.6. The first-order chi connectivity index (χ1) is 22.1. The summed E-state index contributed by atoms with van der Waals surface area (Å²) in [6, 6.07) is 9.61. The number of piperidine rings is 1. The fraction of sp³-hybridized carbons (Fsp3) is 0.611. The number of morpholine rings is 1. The van der Waals surface area contributed by atoms with Gasteiger partial charge in [0.2, 0.25) is 5.91 Å². The zero-order chi connectivity index (χ0) is 32.2. The van der Waals surface area contributed by atoms with Gasteiger partial charge in [0.1, 0.15) is 4.83 Å². The molecule has 3 aliphatic heterocycles. The number of carbonyl (C=O) groups is 2. The summed E-state index contributed by atoms with van der Waals surface area (Å²) in [6.45, 7) is 15.4. The van der Waals surface area contributed by atoms with E-state index in [1.54, 1.807) is 0 Å². The predicted octanol–water partition coefficient (Wildman–Crippen LogP) is 5.46. The number of rotatable bonds is 8. The lowest BCUT2D eigenvalue weighted by molar-refractivity contribution is -0.124. The van der Waals surface area contributed by atoms with Crippen LogP contribution in [0.1, 0.15) is 60.8 Å². The van der Waals surface area contributed by atoms with Crippen LogP contribution in [0.3, 0.4) is 0 Å². The number of H-pyrrole nitrogens is 1. The molecular formula is C36H49N5O4S. The van der Waals surface area contributed by atoms with Gasteiger partial charge in [0, 0.05) is 80.7 Å². The van der Waals surface area contributed by atoms with Crippen LogP contribution in [0.2, 0.25) is 0 Å². The molecule has 4 fully saturated rings. The number of aromatic nitrogens is 1. The van der Waals surface area contributed by atoms with Crippen LogP contribution in [0.4, 0.5) is 4.79 Å². The van der Waals surface area contributed by atoms with Crippen LogP contribution in [0, 0.1) is 25.7 Å². The maximum atomic E-state index is 13.1. The normalized spacial score (nSPS) is 24.6. The zero-order valence-corrected chi connectivity index (χ0v) is 28.8. The largest absolute Gasteiger partial charge is 0.378 e. The molecule has 1 saturated carbocycles. The second kappa shape index (κ2) is 12.6. The van der Waals surface area contributed by atoms with Gasteiger partial charge in [-0.3, -0.25) is 9.69 Å². The van der Waals surface area contributed by atoms with Gasteiger partial charge < -0.3 is 29.6 Å². The summed E-state index contributed by atoms with van der Waals surface area (Å²) in [5.41, 5.74) is 5.97. The molecule has 3 aromatic rings. The van der Waals surface area contributed by atoms with E-state index >= 15 is 0 Å². The van der Waals surface area contributed by atoms with Gasteiger partial charge in [0.15, 0.2) is 0 Å². The maximum Gasteiger partial charge on any atom is 0.320 e. The highest BCUT2D eigenvalue weighted by atomic mass is 32.1. The highest BCUT2D eigenvalue weighted by Gasteiger charge is 2.49. The third-order valence-electron chi connectivity index (χ3n) is 10.9. The lowest BCUT2D eigenvalue weighted by Gasteiger charge is -2.39. The minimum atomic E-state index is -0.135. The predicted molar refractivity (Wildman–Crippen MR) is 182 cm³/mol. The average Bonchev–Trinajstić information content (AvgIpc) is 3.79. The molecular weight excluding hydrogens is 598 g/mol. The number of benzene rings is 1. The molecule has 3 amide bonds. The number of methoxy groups -OCH3 is 1. The van der Waals surface area contributed by atoms with Gasteiger partial charge in [-0.25, -0.2) is 4.79 Å². The molecule has 4 aliphatic rings. The van der Waals surface area contributed by atoms with Crippen LogP contribution in [-0.4, -0.2) is 104 Å². The minimum Gasteiger partial charge on any atom is -0.378 e. The van der Waals surface area contributed by atoms with Crippen molar-refractivity contribution in [1.82, 2.24) is 25.0 Å². The van der Waals surface area contributed by atoms with Gasteiger partial charge in [-0.1, -0.05) is 31.0 Å². The van der Waals surface area contributed by atoms with Crippen LogP contribution in [0.25, 0.3) is 21.5 Å². The van der Waals surface area contributed by atoms with E-state index in [1.807, 2.05) is 28.2 Å². The standard InChI is InChI=1S/C36H49N5O4S/c1-22-16-23(2)18-24(17-22)32-31(29(44-5)21-39-8-10-40(11-9-39)35(43)41-12-14-45-15-13-41)26-19-30(46-34(26)38-32)36(3,4)20-27-25-6-7-28(27)37-33(25)42/h16-19,25,27-29,38H,6-15,20-21H2,1-5H3,(H,37,42). The van der Waals surface area contributed by atoms with Crippen LogP contribution < -0.4 is 5.32 Å². The van der Waals surface area contributed by atoms with Gasteiger partial charge in [-0.05, 0) is 68.2 Å². The van der Waals surface area contributed by atoms with Crippen molar-refractivity contribution in [3.63, 3.8) is 0 Å². The first-order valence-corrected chi connectivity index (χ1v) is 17.8. The Morgan fingerprint density at radius 1 is 1.02 bits per heavy atom. The molecule has 1 aromatic carbocycles. The summed E-state index contributed by atoms with van der Waals surface area (Å²) in [7, 11) is 1.82. The number of hydrogen-bond acceptors (Lipinski definition) is 6. The summed E-state index contributed by atoms with van der Waals surface area (Å²) in [6.07, 6.45) is 3.00. The molecule has 4 unspecified atom stereocenters. The molecule has 46 heavy (non-hydrogen) atoms. The van der Waals surface area contributed by atoms with Gasteiger partial charge in [-0.2, -0.15) is 0 Å². The smallest absolute Gasteiger partial charge is 0.320 e. The number of hydrogen-bond donors (Lipinski definition) is 2. The van der Waals surface area contributed by atoms with E-state index in [0.717, 1.165) is 57.7 Å². The number of ether oxygens (including phenoxy) is 2. The Kier molecular flexibility index (Phi) is 8.67. The highest BCUT2D eigenvalue weighted by molar-refractivity contribution is 7.18. The Bertz CT molecular complexity index is 1580. The number of thiophene rings is 1. The van der Waals surface area contributed by atoms with Crippen LogP contribution in [-0.2, 0) is 19.7 Å². The summed E-state index contributed by atoms with van der Waals surface area (Å²) < 4.78 is 11.8. The van der Waals surface area contributed by atoms with Gasteiger partial charge >= 0.3 is 6.03 Å². The van der Waals surface area contributed by atoms with Gasteiger partial charge in [0.25, 0.3) is 0 Å². The quantitative estimate of drug-likeness (QED) is 0.339. The Labute approximate surface area is 276 Å². The van der Waals surface area contributed by atoms with Crippen LogP contribution >= 0.6 is 11.3 Å². The van der Waals surface area contributed by atoms with E-state index in [9.17, 15) is 9.59 Å². The Morgan fingerprint density at radius 3 is 2.35 bits per heavy atom. The van der Waals surface area contributed by atoms with Crippen molar-refractivity contribution in [2.75, 3.05) is 66.1 Å². The Morgan fingerprint density at radius 2 is 1.72 bits per heavy atom. The van der Waals surface area contributed by atoms with E-state index < -0.39 is 0 Å². The lowest BCUT2D eigenvalue weighted by Crippen LogP contribution is -2.55. The molecule has 2 aromatic heterocycles. The summed E-state index contributed by atoms with van der Waals surface area (Å²) in [5.74, 6) is 0.835. The Balaban J connectivity index is 1.15. The number of fused-ring (bicyclic) bond motifs is 3. The maximum absolute atomic E-state index is 13.1. The molecule has 4 atom stereocenters. The van der Waals surface area contributed by atoms with Crippen molar-refractivity contribution in [3.8, 4) is 11.3 Å². The first-order valence-electron chi connectivity index (χ1n) is 17.0. The number of carbonyl (C=O) groups excluding carboxylic acids is 2. The molecule has 5 heterocycles. The van der Waals surface area contributed by atoms with E-state index in [-0.39, 0.29) is 29.4 Å². The van der Waals surface area contributed by atoms with E-state index in [0.29, 0.717) is 38.3 Å². The number of amides is 3. The number of nitrogens with zero attached hydrogens (tertiary/aromatic N) is 3. The number of nitrogens with one attached hydrogen (secondary N) is 2. The van der Waals surface area contributed by atoms with Crippen molar-refractivity contribution in [2.24, 2.45) is 11.8 Å². The lowest BCUT2D eigenvalue weighted by atomic mass is 9.78. The number of aromatic amines is 1. The molecule has 0 radical (unpaired) electrons. The highest BCUT2D eigenvalue weighted by Crippen LogP contribution is 2.48. The molecule has 0 spiro atoms. The number of aryl methyl sites for hydroxylation is 2. The van der Waals surface area contributed by atoms with Crippen molar-refractivity contribution in [2.45, 2.75) is 64.5 Å². The Hall–Kier alpha value is -2.92. The fourth-order valence-corrected chi connectivity index (χ4v) is 9.63. The monoisotopic (exact) mass is 647 g/mol. The minimum absolute atomic E-state index is 0.0500. The molecule has 2 N–H and O–H groups in total. The zero-order valence-electron chi connectivity index (χ0n) is 28.0. The second-order valence-electron chi connectivity index (χ2n) is 14.6. The van der Waals surface area contributed by atoms with Crippen molar-refractivity contribution < 1.29 is 19.1 Å². The molecule has 10 heteroatoms. The fourth-order valence-electron chi connectivity index (χ4n) is 8.45. The molecule has 9 nitrogen and oxygen atoms in total. The van der Waals surface area contributed by atoms with E-state index in [1.165, 1.54) is 37.3 Å². The van der Waals surface area contributed by atoms with Crippen molar-refractivity contribution >= 4 is 33.5 Å². The molecule has 1 aliphatic carbocycles. The summed E-state index contributed by atoms with van der Waals surface area (Å²) in [4.78, 5) is 38.3. The van der Waals surface area contributed by atoms with E-state index in [2.05, 4.69) is 67.2 Å². The third-order valence-corrected chi connectivity index (χ3v) is 12.3. The van der Waals surface area contributed by atoms with Crippen LogP contribution in [0.15, 0.2) is 24.3 Å². The average molecular weight is 648 g/mol. The summed E-state index contributed by atoms with van der Waals surface area (Å²) in [5, 5.41) is 4.47. The van der Waals surface area contributed by atoms with E-state index in [4.69, 9.17) is 9.47 Å². The molecule has 248 valence electrons. The molecule has 7 rings (SSSR count). The summed E-state index contributed by atoms with van der Waals surface area (Å²) >= 11 is 1.85. The number of piperazine rings is 1. The first kappa shape index (κ1) is 31.7. The molecule has 2 bridgehead atoms. The van der Waals surface area contributed by atoms with Crippen LogP contribution in [0.5, 0.6) is 0 Å². The topological polar surface area (TPSA) is 90.1 Å².